The summed E-state index contributed by atoms with van der Waals surface area (Å²) >= 11 is 3.66. The maximum absolute atomic E-state index is 4.95. The first-order valence-electron chi connectivity index (χ1n) is 7.75. The fraction of sp³-hybridized carbons (Fsp3) is 0.562. The zero-order chi connectivity index (χ0) is 14.7. The predicted octanol–water partition coefficient (Wildman–Crippen LogP) is 3.93. The number of piperazine rings is 1. The van der Waals surface area contributed by atoms with E-state index < -0.39 is 0 Å². The highest BCUT2D eigenvalue weighted by Gasteiger charge is 2.24. The summed E-state index contributed by atoms with van der Waals surface area (Å²) in [5, 5.41) is 6.96. The van der Waals surface area contributed by atoms with Gasteiger partial charge < -0.3 is 5.32 Å². The molecule has 0 aromatic carbocycles. The van der Waals surface area contributed by atoms with Crippen molar-refractivity contribution < 1.29 is 0 Å². The Morgan fingerprint density at radius 3 is 2.81 bits per heavy atom. The first kappa shape index (κ1) is 15.2. The van der Waals surface area contributed by atoms with Gasteiger partial charge in [0, 0.05) is 36.4 Å². The van der Waals surface area contributed by atoms with Crippen LogP contribution in [0.15, 0.2) is 17.5 Å². The lowest BCUT2D eigenvalue weighted by atomic mass is 10.1. The van der Waals surface area contributed by atoms with Crippen LogP contribution in [0.5, 0.6) is 0 Å². The number of nitrogens with one attached hydrogen (secondary N) is 1. The van der Waals surface area contributed by atoms with Crippen LogP contribution in [-0.2, 0) is 0 Å². The molecule has 1 fully saturated rings. The van der Waals surface area contributed by atoms with Crippen molar-refractivity contribution in [1.82, 2.24) is 15.2 Å². The summed E-state index contributed by atoms with van der Waals surface area (Å²) in [5.74, 6) is 0. The first-order chi connectivity index (χ1) is 10.3. The zero-order valence-electron chi connectivity index (χ0n) is 12.8. The van der Waals surface area contributed by atoms with Gasteiger partial charge in [-0.15, -0.1) is 22.7 Å². The maximum atomic E-state index is 4.95. The summed E-state index contributed by atoms with van der Waals surface area (Å²) in [5.41, 5.74) is 1.16. The van der Waals surface area contributed by atoms with Crippen LogP contribution in [0, 0.1) is 6.92 Å². The van der Waals surface area contributed by atoms with E-state index >= 15 is 0 Å². The summed E-state index contributed by atoms with van der Waals surface area (Å²) < 4.78 is 0. The lowest BCUT2D eigenvalue weighted by Gasteiger charge is -2.33. The third kappa shape index (κ3) is 3.54. The van der Waals surface area contributed by atoms with E-state index in [0.29, 0.717) is 6.04 Å². The molecule has 1 N–H and O–H groups in total. The molecule has 0 radical (unpaired) electrons. The van der Waals surface area contributed by atoms with Crippen LogP contribution in [0.4, 0.5) is 0 Å². The molecule has 3 nitrogen and oxygen atoms in total. The molecule has 3 heterocycles. The van der Waals surface area contributed by atoms with Crippen LogP contribution in [-0.4, -0.2) is 36.1 Å². The first-order valence-corrected chi connectivity index (χ1v) is 9.44. The van der Waals surface area contributed by atoms with Gasteiger partial charge in [-0.3, -0.25) is 4.90 Å². The quantitative estimate of drug-likeness (QED) is 0.904. The Labute approximate surface area is 135 Å². The fourth-order valence-electron chi connectivity index (χ4n) is 2.86. The minimum absolute atomic E-state index is 0.497. The lowest BCUT2D eigenvalue weighted by Crippen LogP contribution is -2.45. The van der Waals surface area contributed by atoms with E-state index in [9.17, 15) is 0 Å². The van der Waals surface area contributed by atoms with Crippen molar-refractivity contribution in [3.63, 3.8) is 0 Å². The minimum Gasteiger partial charge on any atom is -0.314 e. The number of aromatic nitrogens is 1. The molecule has 0 spiro atoms. The Kier molecular flexibility index (Phi) is 5.06. The molecule has 2 aromatic rings. The minimum atomic E-state index is 0.497. The van der Waals surface area contributed by atoms with Gasteiger partial charge >= 0.3 is 0 Å². The van der Waals surface area contributed by atoms with Gasteiger partial charge in [0.25, 0.3) is 0 Å². The van der Waals surface area contributed by atoms with Crippen LogP contribution in [0.3, 0.4) is 0 Å². The average Bonchev–Trinajstić information content (AvgIpc) is 3.14. The van der Waals surface area contributed by atoms with Crippen LogP contribution in [0.2, 0.25) is 0 Å². The summed E-state index contributed by atoms with van der Waals surface area (Å²) in [6, 6.07) is 4.87. The molecular weight excluding hydrogens is 298 g/mol. The van der Waals surface area contributed by atoms with Crippen molar-refractivity contribution in [2.75, 3.05) is 26.2 Å². The van der Waals surface area contributed by atoms with E-state index in [-0.39, 0.29) is 0 Å². The highest BCUT2D eigenvalue weighted by molar-refractivity contribution is 7.16. The summed E-state index contributed by atoms with van der Waals surface area (Å²) in [6.45, 7) is 8.90. The number of rotatable bonds is 5. The zero-order valence-corrected chi connectivity index (χ0v) is 14.4. The van der Waals surface area contributed by atoms with E-state index in [1.807, 2.05) is 22.7 Å². The Hall–Kier alpha value is -0.750. The SMILES string of the molecule is CCCC(c1nc(-c2ccc(C)s2)cs1)N1CCNCC1. The molecule has 1 aliphatic heterocycles. The number of hydrogen-bond acceptors (Lipinski definition) is 5. The summed E-state index contributed by atoms with van der Waals surface area (Å²) in [4.78, 5) is 10.2. The van der Waals surface area contributed by atoms with Gasteiger partial charge in [-0.25, -0.2) is 4.98 Å². The van der Waals surface area contributed by atoms with Crippen molar-refractivity contribution in [2.45, 2.75) is 32.7 Å². The molecule has 2 aromatic heterocycles. The van der Waals surface area contributed by atoms with Crippen LogP contribution < -0.4 is 5.32 Å². The molecule has 0 saturated carbocycles. The smallest absolute Gasteiger partial charge is 0.111 e. The average molecular weight is 322 g/mol. The van der Waals surface area contributed by atoms with E-state index in [2.05, 4.69) is 41.6 Å². The Balaban J connectivity index is 1.81. The van der Waals surface area contributed by atoms with Crippen LogP contribution in [0.25, 0.3) is 10.6 Å². The standard InChI is InChI=1S/C16H23N3S2/c1-3-4-14(19-9-7-17-8-10-19)16-18-13(11-20-16)15-6-5-12(2)21-15/h5-6,11,14,17H,3-4,7-10H2,1-2H3. The van der Waals surface area contributed by atoms with Gasteiger partial charge in [-0.2, -0.15) is 0 Å². The Morgan fingerprint density at radius 1 is 1.33 bits per heavy atom. The Morgan fingerprint density at radius 2 is 2.14 bits per heavy atom. The second kappa shape index (κ2) is 7.01. The topological polar surface area (TPSA) is 28.2 Å². The maximum Gasteiger partial charge on any atom is 0.111 e. The number of hydrogen-bond donors (Lipinski definition) is 1. The molecule has 1 aliphatic rings. The van der Waals surface area contributed by atoms with Crippen molar-refractivity contribution in [2.24, 2.45) is 0 Å². The normalized spacial score (nSPS) is 18.0. The summed E-state index contributed by atoms with van der Waals surface area (Å²) in [7, 11) is 0. The molecule has 1 saturated heterocycles. The molecule has 114 valence electrons. The molecule has 0 bridgehead atoms. The highest BCUT2D eigenvalue weighted by atomic mass is 32.1. The van der Waals surface area contributed by atoms with E-state index in [1.54, 1.807) is 0 Å². The molecule has 0 aliphatic carbocycles. The molecule has 21 heavy (non-hydrogen) atoms. The molecule has 1 atom stereocenters. The molecule has 1 unspecified atom stereocenters. The number of nitrogens with zero attached hydrogens (tertiary/aromatic N) is 2. The van der Waals surface area contributed by atoms with Gasteiger partial charge in [0.05, 0.1) is 16.6 Å². The second-order valence-electron chi connectivity index (χ2n) is 5.57. The van der Waals surface area contributed by atoms with E-state index in [0.717, 1.165) is 31.9 Å². The number of aryl methyl sites for hydroxylation is 1. The fourth-order valence-corrected chi connectivity index (χ4v) is 4.75. The van der Waals surface area contributed by atoms with Crippen molar-refractivity contribution in [3.8, 4) is 10.6 Å². The van der Waals surface area contributed by atoms with E-state index in [4.69, 9.17) is 4.98 Å². The third-order valence-electron chi connectivity index (χ3n) is 3.95. The molecule has 5 heteroatoms. The van der Waals surface area contributed by atoms with Crippen molar-refractivity contribution >= 4 is 22.7 Å². The lowest BCUT2D eigenvalue weighted by molar-refractivity contribution is 0.164. The summed E-state index contributed by atoms with van der Waals surface area (Å²) in [6.07, 6.45) is 2.41. The van der Waals surface area contributed by atoms with Crippen molar-refractivity contribution in [3.05, 3.63) is 27.4 Å². The largest absolute Gasteiger partial charge is 0.314 e. The van der Waals surface area contributed by atoms with Gasteiger partial charge in [0.1, 0.15) is 5.01 Å². The number of thiophene rings is 1. The van der Waals surface area contributed by atoms with Gasteiger partial charge in [-0.1, -0.05) is 13.3 Å². The molecule has 0 amide bonds. The van der Waals surface area contributed by atoms with Gasteiger partial charge in [-0.05, 0) is 25.5 Å². The molecule has 3 rings (SSSR count). The second-order valence-corrected chi connectivity index (χ2v) is 7.75. The monoisotopic (exact) mass is 321 g/mol. The highest BCUT2D eigenvalue weighted by Crippen LogP contribution is 2.34. The van der Waals surface area contributed by atoms with Crippen molar-refractivity contribution in [1.29, 1.82) is 0 Å². The van der Waals surface area contributed by atoms with Gasteiger partial charge in [0.15, 0.2) is 0 Å². The third-order valence-corrected chi connectivity index (χ3v) is 5.92. The van der Waals surface area contributed by atoms with Crippen LogP contribution >= 0.6 is 22.7 Å². The number of thiazole rings is 1. The predicted molar refractivity (Wildman–Crippen MR) is 92.3 cm³/mol. The molecular formula is C16H23N3S2. The van der Waals surface area contributed by atoms with E-state index in [1.165, 1.54) is 27.6 Å². The van der Waals surface area contributed by atoms with Crippen LogP contribution in [0.1, 0.15) is 35.7 Å². The van der Waals surface area contributed by atoms with Gasteiger partial charge in [0.2, 0.25) is 0 Å². The Bertz CT molecular complexity index is 570.